The molecule has 0 amide bonds. The minimum Gasteiger partial charge on any atom is -0.756 e. The summed E-state index contributed by atoms with van der Waals surface area (Å²) in [6.45, 7) is -0.539. The van der Waals surface area contributed by atoms with Crippen LogP contribution in [0.15, 0.2) is 0 Å². The number of phosphoric acid groups is 1. The fourth-order valence-electron chi connectivity index (χ4n) is 0.205. The normalized spacial score (nSPS) is 17.7. The third-order valence-corrected chi connectivity index (χ3v) is 1.25. The minimum absolute atomic E-state index is 0. The molecule has 60 valence electrons. The number of hydrogen-bond acceptors (Lipinski definition) is 4. The van der Waals surface area contributed by atoms with Gasteiger partial charge in [0, 0.05) is 0 Å². The van der Waals surface area contributed by atoms with Gasteiger partial charge in [0.25, 0.3) is 7.82 Å². The van der Waals surface area contributed by atoms with E-state index in [0.29, 0.717) is 6.29 Å². The van der Waals surface area contributed by atoms with Gasteiger partial charge in [-0.2, -0.15) is 0 Å². The van der Waals surface area contributed by atoms with Gasteiger partial charge in [0.05, 0.1) is 6.61 Å². The number of alkyl halides is 1. The molecule has 0 spiro atoms. The maximum Gasteiger partial charge on any atom is 1.00 e. The monoisotopic (exact) mass is 210 g/mol. The van der Waals surface area contributed by atoms with Gasteiger partial charge in [-0.3, -0.25) is 4.57 Å². The molecule has 0 aromatic carbocycles. The molecule has 0 aliphatic carbocycles. The number of aldehydes is 1. The Labute approximate surface area is 90.6 Å². The third kappa shape index (κ3) is 11.1. The van der Waals surface area contributed by atoms with E-state index in [4.69, 9.17) is 16.5 Å². The van der Waals surface area contributed by atoms with E-state index in [1.165, 1.54) is 0 Å². The molecule has 0 fully saturated rings. The molecule has 2 atom stereocenters. The largest absolute Gasteiger partial charge is 1.00 e. The quantitative estimate of drug-likeness (QED) is 0.223. The van der Waals surface area contributed by atoms with Crippen molar-refractivity contribution in [2.45, 2.75) is 5.38 Å². The fraction of sp³-hybridized carbons (Fsp3) is 0.667. The summed E-state index contributed by atoms with van der Waals surface area (Å²) in [5.74, 6) is 0. The third-order valence-electron chi connectivity index (χ3n) is 0.545. The Kier molecular flexibility index (Phi) is 8.71. The van der Waals surface area contributed by atoms with Crippen molar-refractivity contribution in [2.75, 3.05) is 6.61 Å². The SMILES string of the molecule is O=CC(Cl)COP(=O)([O-])O.[Na+]. The van der Waals surface area contributed by atoms with Gasteiger partial charge in [0.2, 0.25) is 0 Å². The molecule has 2 unspecified atom stereocenters. The number of phosphoric ester groups is 1. The van der Waals surface area contributed by atoms with E-state index in [2.05, 4.69) is 4.52 Å². The fourth-order valence-corrected chi connectivity index (χ4v) is 0.705. The van der Waals surface area contributed by atoms with Crippen LogP contribution >= 0.6 is 19.4 Å². The van der Waals surface area contributed by atoms with Crippen molar-refractivity contribution in [1.82, 2.24) is 0 Å². The van der Waals surface area contributed by atoms with E-state index in [0.717, 1.165) is 0 Å². The van der Waals surface area contributed by atoms with E-state index >= 15 is 0 Å². The second-order valence-corrected chi connectivity index (χ2v) is 3.17. The van der Waals surface area contributed by atoms with E-state index in [1.807, 2.05) is 0 Å². The van der Waals surface area contributed by atoms with Gasteiger partial charge >= 0.3 is 29.6 Å². The first-order valence-corrected chi connectivity index (χ1v) is 4.16. The predicted molar refractivity (Wildman–Crippen MR) is 31.5 cm³/mol. The number of carbonyl (C=O) groups excluding carboxylic acids is 1. The van der Waals surface area contributed by atoms with Crippen LogP contribution < -0.4 is 34.5 Å². The van der Waals surface area contributed by atoms with E-state index < -0.39 is 19.8 Å². The van der Waals surface area contributed by atoms with Crippen LogP contribution in [0.4, 0.5) is 0 Å². The molecule has 0 aromatic rings. The molecule has 0 aromatic heterocycles. The second kappa shape index (κ2) is 6.57. The minimum atomic E-state index is -4.73. The summed E-state index contributed by atoms with van der Waals surface area (Å²) >= 11 is 5.11. The molecule has 0 heterocycles. The zero-order chi connectivity index (χ0) is 8.20. The number of halogens is 1. The average Bonchev–Trinajstić information content (AvgIpc) is 1.81. The van der Waals surface area contributed by atoms with Crippen molar-refractivity contribution in [3.63, 3.8) is 0 Å². The molecule has 0 aliphatic heterocycles. The Bertz CT molecular complexity index is 158. The number of hydrogen-bond donors (Lipinski definition) is 1. The topological polar surface area (TPSA) is 86.7 Å². The van der Waals surface area contributed by atoms with Gasteiger partial charge in [-0.05, 0) is 0 Å². The van der Waals surface area contributed by atoms with E-state index in [1.54, 1.807) is 0 Å². The number of rotatable bonds is 4. The van der Waals surface area contributed by atoms with Crippen LogP contribution in [0.25, 0.3) is 0 Å². The maximum atomic E-state index is 9.84. The second-order valence-electron chi connectivity index (χ2n) is 1.42. The first-order valence-electron chi connectivity index (χ1n) is 2.23. The van der Waals surface area contributed by atoms with Gasteiger partial charge in [0.15, 0.2) is 0 Å². The number of carbonyl (C=O) groups is 1. The van der Waals surface area contributed by atoms with Crippen molar-refractivity contribution < 1.29 is 53.2 Å². The van der Waals surface area contributed by atoms with Crippen molar-refractivity contribution in [3.8, 4) is 0 Å². The molecule has 0 saturated carbocycles. The summed E-state index contributed by atoms with van der Waals surface area (Å²) in [6.07, 6.45) is 0.303. The van der Waals surface area contributed by atoms with Crippen LogP contribution in [0, 0.1) is 0 Å². The predicted octanol–water partition coefficient (Wildman–Crippen LogP) is -3.73. The van der Waals surface area contributed by atoms with Gasteiger partial charge in [-0.25, -0.2) is 0 Å². The van der Waals surface area contributed by atoms with Crippen molar-refractivity contribution in [1.29, 1.82) is 0 Å². The Hall–Kier alpha value is 1.07. The summed E-state index contributed by atoms with van der Waals surface area (Å²) in [7, 11) is -4.73. The van der Waals surface area contributed by atoms with Crippen molar-refractivity contribution in [3.05, 3.63) is 0 Å². The smallest absolute Gasteiger partial charge is 0.756 e. The van der Waals surface area contributed by atoms with Gasteiger partial charge in [-0.1, -0.05) is 0 Å². The summed E-state index contributed by atoms with van der Waals surface area (Å²) in [5, 5.41) is -1.05. The molecule has 0 bridgehead atoms. The first-order chi connectivity index (χ1) is 4.45. The Morgan fingerprint density at radius 3 is 2.55 bits per heavy atom. The van der Waals surface area contributed by atoms with Crippen LogP contribution in [-0.2, 0) is 13.9 Å². The molecule has 0 rings (SSSR count). The molecule has 11 heavy (non-hydrogen) atoms. The van der Waals surface area contributed by atoms with E-state index in [-0.39, 0.29) is 29.6 Å². The molecule has 8 heteroatoms. The summed E-state index contributed by atoms with van der Waals surface area (Å²) < 4.78 is 13.6. The molecular weight excluding hydrogens is 205 g/mol. The molecule has 1 N–H and O–H groups in total. The molecule has 0 radical (unpaired) electrons. The first kappa shape index (κ1) is 14.6. The average molecular weight is 210 g/mol. The van der Waals surface area contributed by atoms with Crippen LogP contribution in [-0.4, -0.2) is 23.2 Å². The standard InChI is InChI=1S/C3H6ClO5P.Na/c4-3(1-5)2-9-10(6,7)8;/h1,3H,2H2,(H2,6,7,8);/q;+1/p-1. The Balaban J connectivity index is 0. The molecular formula is C3H5ClNaO5P. The Morgan fingerprint density at radius 2 is 2.27 bits per heavy atom. The molecule has 0 saturated heterocycles. The summed E-state index contributed by atoms with van der Waals surface area (Å²) in [6, 6.07) is 0. The maximum absolute atomic E-state index is 9.84. The summed E-state index contributed by atoms with van der Waals surface area (Å²) in [5.41, 5.74) is 0. The Morgan fingerprint density at radius 1 is 1.82 bits per heavy atom. The van der Waals surface area contributed by atoms with Crippen LogP contribution in [0.5, 0.6) is 0 Å². The van der Waals surface area contributed by atoms with Gasteiger partial charge in [-0.15, -0.1) is 11.6 Å². The zero-order valence-electron chi connectivity index (χ0n) is 5.77. The van der Waals surface area contributed by atoms with Gasteiger partial charge in [0.1, 0.15) is 11.7 Å². The van der Waals surface area contributed by atoms with Gasteiger partial charge < -0.3 is 19.1 Å². The van der Waals surface area contributed by atoms with Crippen LogP contribution in [0.3, 0.4) is 0 Å². The van der Waals surface area contributed by atoms with Crippen molar-refractivity contribution in [2.24, 2.45) is 0 Å². The molecule has 5 nitrogen and oxygen atoms in total. The van der Waals surface area contributed by atoms with Crippen LogP contribution in [0.2, 0.25) is 0 Å². The summed E-state index contributed by atoms with van der Waals surface area (Å²) in [4.78, 5) is 27.5. The van der Waals surface area contributed by atoms with E-state index in [9.17, 15) is 14.3 Å². The van der Waals surface area contributed by atoms with Crippen molar-refractivity contribution >= 4 is 25.7 Å². The molecule has 0 aliphatic rings. The zero-order valence-corrected chi connectivity index (χ0v) is 9.42. The van der Waals surface area contributed by atoms with Crippen LogP contribution in [0.1, 0.15) is 0 Å².